The fourth-order valence-corrected chi connectivity index (χ4v) is 1.12. The third kappa shape index (κ3) is 1.54. The summed E-state index contributed by atoms with van der Waals surface area (Å²) in [7, 11) is 1.24. The fraction of sp³-hybridized carbons (Fsp3) is 0.125. The van der Waals surface area contributed by atoms with Gasteiger partial charge in [-0.2, -0.15) is 0 Å². The number of carboxylic acid groups (broad SMARTS) is 1. The second-order valence-electron chi connectivity index (χ2n) is 2.44. The summed E-state index contributed by atoms with van der Waals surface area (Å²) in [5, 5.41) is 26.7. The SMILES string of the molecule is COc1cc(C(=O)O)c(O)c(Cl)c1O. The van der Waals surface area contributed by atoms with Gasteiger partial charge in [0.2, 0.25) is 0 Å². The van der Waals surface area contributed by atoms with Crippen molar-refractivity contribution >= 4 is 17.6 Å². The van der Waals surface area contributed by atoms with Crippen LogP contribution in [0, 0.1) is 0 Å². The first-order chi connectivity index (χ1) is 6.49. The first kappa shape index (κ1) is 10.5. The zero-order valence-corrected chi connectivity index (χ0v) is 7.87. The van der Waals surface area contributed by atoms with Crippen LogP contribution in [0.2, 0.25) is 5.02 Å². The predicted molar refractivity (Wildman–Crippen MR) is 48.3 cm³/mol. The molecule has 0 aliphatic heterocycles. The number of hydrogen-bond donors (Lipinski definition) is 3. The number of aromatic hydroxyl groups is 2. The highest BCUT2D eigenvalue weighted by Crippen LogP contribution is 2.42. The van der Waals surface area contributed by atoms with Crippen molar-refractivity contribution < 1.29 is 24.9 Å². The van der Waals surface area contributed by atoms with Crippen molar-refractivity contribution in [3.05, 3.63) is 16.7 Å². The molecule has 1 aromatic carbocycles. The molecular formula is C8H7ClO5. The van der Waals surface area contributed by atoms with Gasteiger partial charge in [-0.15, -0.1) is 0 Å². The van der Waals surface area contributed by atoms with Crippen LogP contribution in [0.15, 0.2) is 6.07 Å². The van der Waals surface area contributed by atoms with Crippen molar-refractivity contribution in [1.29, 1.82) is 0 Å². The maximum Gasteiger partial charge on any atom is 0.339 e. The standard InChI is InChI=1S/C8H7ClO5/c1-14-4-2-3(8(12)13)6(10)5(9)7(4)11/h2,10-11H,1H3,(H,12,13). The van der Waals surface area contributed by atoms with Gasteiger partial charge in [0.15, 0.2) is 17.2 Å². The Balaban J connectivity index is 3.48. The van der Waals surface area contributed by atoms with Crippen molar-refractivity contribution in [1.82, 2.24) is 0 Å². The number of benzene rings is 1. The van der Waals surface area contributed by atoms with Gasteiger partial charge in [0.05, 0.1) is 7.11 Å². The number of phenols is 2. The fourth-order valence-electron chi connectivity index (χ4n) is 0.925. The Kier molecular flexibility index (Phi) is 2.71. The van der Waals surface area contributed by atoms with Crippen molar-refractivity contribution in [2.24, 2.45) is 0 Å². The average molecular weight is 219 g/mol. The zero-order chi connectivity index (χ0) is 10.9. The number of aromatic carboxylic acids is 1. The third-order valence-electron chi connectivity index (χ3n) is 1.63. The maximum atomic E-state index is 10.6. The number of phenolic OH excluding ortho intramolecular Hbond substituents is 1. The highest BCUT2D eigenvalue weighted by atomic mass is 35.5. The first-order valence-corrected chi connectivity index (χ1v) is 3.88. The van der Waals surface area contributed by atoms with Crippen molar-refractivity contribution in [3.8, 4) is 17.2 Å². The molecule has 0 amide bonds. The Bertz CT molecular complexity index is 388. The Morgan fingerprint density at radius 3 is 2.43 bits per heavy atom. The molecule has 0 unspecified atom stereocenters. The van der Waals surface area contributed by atoms with Gasteiger partial charge in [-0.05, 0) is 0 Å². The Morgan fingerprint density at radius 1 is 1.43 bits per heavy atom. The van der Waals surface area contributed by atoms with Gasteiger partial charge in [0, 0.05) is 6.07 Å². The third-order valence-corrected chi connectivity index (χ3v) is 1.99. The second kappa shape index (κ2) is 3.63. The minimum absolute atomic E-state index is 0.106. The lowest BCUT2D eigenvalue weighted by Crippen LogP contribution is -1.98. The molecule has 0 aliphatic rings. The number of methoxy groups -OCH3 is 1. The largest absolute Gasteiger partial charge is 0.505 e. The molecule has 0 aliphatic carbocycles. The van der Waals surface area contributed by atoms with Gasteiger partial charge in [-0.25, -0.2) is 4.79 Å². The predicted octanol–water partition coefficient (Wildman–Crippen LogP) is 1.46. The number of carbonyl (C=O) groups is 1. The van der Waals surface area contributed by atoms with Crippen molar-refractivity contribution in [3.63, 3.8) is 0 Å². The molecule has 0 fully saturated rings. The van der Waals surface area contributed by atoms with Crippen LogP contribution < -0.4 is 4.74 Å². The molecule has 1 rings (SSSR count). The minimum atomic E-state index is -1.36. The Hall–Kier alpha value is -1.62. The number of hydrogen-bond acceptors (Lipinski definition) is 4. The van der Waals surface area contributed by atoms with Gasteiger partial charge in [0.25, 0.3) is 0 Å². The molecule has 0 aromatic heterocycles. The van der Waals surface area contributed by atoms with E-state index in [1.54, 1.807) is 0 Å². The summed E-state index contributed by atoms with van der Waals surface area (Å²) in [5.41, 5.74) is -0.426. The number of rotatable bonds is 2. The van der Waals surface area contributed by atoms with Gasteiger partial charge < -0.3 is 20.1 Å². The quantitative estimate of drug-likeness (QED) is 0.700. The molecule has 5 nitrogen and oxygen atoms in total. The van der Waals surface area contributed by atoms with Crippen LogP contribution >= 0.6 is 11.6 Å². The molecule has 0 heterocycles. The van der Waals surface area contributed by atoms with Crippen LogP contribution in [0.3, 0.4) is 0 Å². The number of halogens is 1. The average Bonchev–Trinajstić information content (AvgIpc) is 2.14. The van der Waals surface area contributed by atoms with E-state index >= 15 is 0 Å². The monoisotopic (exact) mass is 218 g/mol. The van der Waals surface area contributed by atoms with Crippen LogP contribution in [0.5, 0.6) is 17.2 Å². The van der Waals surface area contributed by atoms with Crippen LogP contribution in [-0.4, -0.2) is 28.4 Å². The Labute approximate surface area is 84.1 Å². The molecule has 3 N–H and O–H groups in total. The van der Waals surface area contributed by atoms with Crippen LogP contribution in [-0.2, 0) is 0 Å². The van der Waals surface area contributed by atoms with E-state index in [9.17, 15) is 15.0 Å². The van der Waals surface area contributed by atoms with Gasteiger partial charge in [-0.1, -0.05) is 11.6 Å². The van der Waals surface area contributed by atoms with Crippen LogP contribution in [0.4, 0.5) is 0 Å². The Morgan fingerprint density at radius 2 is 2.00 bits per heavy atom. The summed E-state index contributed by atoms with van der Waals surface area (Å²) in [6.07, 6.45) is 0. The lowest BCUT2D eigenvalue weighted by atomic mass is 10.2. The van der Waals surface area contributed by atoms with Gasteiger partial charge in [0.1, 0.15) is 10.6 Å². The van der Waals surface area contributed by atoms with E-state index in [0.29, 0.717) is 0 Å². The molecule has 0 bridgehead atoms. The van der Waals surface area contributed by atoms with Crippen molar-refractivity contribution in [2.45, 2.75) is 0 Å². The summed E-state index contributed by atoms with van der Waals surface area (Å²) in [5.74, 6) is -2.64. The molecule has 0 radical (unpaired) electrons. The molecule has 14 heavy (non-hydrogen) atoms. The van der Waals surface area contributed by atoms with Crippen LogP contribution in [0.25, 0.3) is 0 Å². The zero-order valence-electron chi connectivity index (χ0n) is 7.11. The summed E-state index contributed by atoms with van der Waals surface area (Å²) in [6.45, 7) is 0. The lowest BCUT2D eigenvalue weighted by molar-refractivity contribution is 0.0693. The summed E-state index contributed by atoms with van der Waals surface area (Å²) >= 11 is 5.47. The molecule has 0 saturated heterocycles. The second-order valence-corrected chi connectivity index (χ2v) is 2.82. The first-order valence-electron chi connectivity index (χ1n) is 3.50. The highest BCUT2D eigenvalue weighted by molar-refractivity contribution is 6.34. The molecule has 0 spiro atoms. The normalized spacial score (nSPS) is 9.86. The molecule has 1 aromatic rings. The van der Waals surface area contributed by atoms with Gasteiger partial charge in [-0.3, -0.25) is 0 Å². The van der Waals surface area contributed by atoms with E-state index in [1.807, 2.05) is 0 Å². The van der Waals surface area contributed by atoms with Crippen molar-refractivity contribution in [2.75, 3.05) is 7.11 Å². The van der Waals surface area contributed by atoms with E-state index in [4.69, 9.17) is 16.7 Å². The molecule has 76 valence electrons. The van der Waals surface area contributed by atoms with E-state index in [0.717, 1.165) is 6.07 Å². The maximum absolute atomic E-state index is 10.6. The smallest absolute Gasteiger partial charge is 0.339 e. The number of ether oxygens (including phenoxy) is 1. The van der Waals surface area contributed by atoms with E-state index in [2.05, 4.69) is 4.74 Å². The summed E-state index contributed by atoms with van der Waals surface area (Å²) in [6, 6.07) is 0.985. The molecular weight excluding hydrogens is 212 g/mol. The minimum Gasteiger partial charge on any atom is -0.505 e. The molecule has 0 atom stereocenters. The molecule has 0 saturated carbocycles. The van der Waals surface area contributed by atoms with Crippen LogP contribution in [0.1, 0.15) is 10.4 Å². The number of carboxylic acids is 1. The van der Waals surface area contributed by atoms with E-state index in [1.165, 1.54) is 7.11 Å². The highest BCUT2D eigenvalue weighted by Gasteiger charge is 2.20. The topological polar surface area (TPSA) is 87.0 Å². The summed E-state index contributed by atoms with van der Waals surface area (Å²) in [4.78, 5) is 10.6. The summed E-state index contributed by atoms with van der Waals surface area (Å²) < 4.78 is 4.66. The van der Waals surface area contributed by atoms with E-state index in [-0.39, 0.29) is 5.75 Å². The van der Waals surface area contributed by atoms with E-state index < -0.39 is 28.1 Å². The lowest BCUT2D eigenvalue weighted by Gasteiger charge is -2.08. The molecule has 6 heteroatoms. The van der Waals surface area contributed by atoms with Gasteiger partial charge >= 0.3 is 5.97 Å².